The van der Waals surface area contributed by atoms with Crippen molar-refractivity contribution in [3.8, 4) is 6.07 Å². The smallest absolute Gasteiger partial charge is 0.333 e. The predicted octanol–water partition coefficient (Wildman–Crippen LogP) is 1.86. The number of benzene rings is 1. The lowest BCUT2D eigenvalue weighted by Crippen LogP contribution is -2.52. The van der Waals surface area contributed by atoms with Crippen LogP contribution >= 0.6 is 0 Å². The van der Waals surface area contributed by atoms with Crippen molar-refractivity contribution in [1.29, 1.82) is 5.26 Å². The molecule has 7 heteroatoms. The molecule has 0 atom stereocenters. The third-order valence-electron chi connectivity index (χ3n) is 4.09. The molecule has 0 spiro atoms. The third-order valence-corrected chi connectivity index (χ3v) is 4.09. The molecule has 1 aliphatic heterocycles. The van der Waals surface area contributed by atoms with Gasteiger partial charge in [0, 0.05) is 32.9 Å². The van der Waals surface area contributed by atoms with E-state index in [1.54, 1.807) is 12.1 Å². The number of carbonyl (C=O) groups excluding carboxylic acids is 3. The van der Waals surface area contributed by atoms with Crippen LogP contribution in [0.4, 0.5) is 10.5 Å². The van der Waals surface area contributed by atoms with Crippen molar-refractivity contribution < 1.29 is 14.4 Å². The van der Waals surface area contributed by atoms with Crippen LogP contribution in [0.3, 0.4) is 0 Å². The Morgan fingerprint density at radius 2 is 1.64 bits per heavy atom. The maximum absolute atomic E-state index is 12.2. The first kappa shape index (κ1) is 18.2. The number of urea groups is 1. The van der Waals surface area contributed by atoms with Gasteiger partial charge in [0.15, 0.2) is 0 Å². The van der Waals surface area contributed by atoms with E-state index in [-0.39, 0.29) is 5.57 Å². The Balaban J connectivity index is 2.26. The minimum Gasteiger partial charge on any atom is -0.371 e. The molecule has 0 saturated carbocycles. The topological polar surface area (TPSA) is 84.7 Å². The van der Waals surface area contributed by atoms with E-state index in [9.17, 15) is 14.4 Å². The lowest BCUT2D eigenvalue weighted by atomic mass is 10.1. The maximum atomic E-state index is 12.2. The number of anilines is 1. The van der Waals surface area contributed by atoms with Crippen LogP contribution in [-0.4, -0.2) is 54.8 Å². The van der Waals surface area contributed by atoms with Gasteiger partial charge in [0.05, 0.1) is 12.5 Å². The van der Waals surface area contributed by atoms with Gasteiger partial charge < -0.3 is 4.90 Å². The molecule has 1 aliphatic rings. The van der Waals surface area contributed by atoms with Crippen LogP contribution < -0.4 is 4.90 Å². The molecule has 7 nitrogen and oxygen atoms in total. The largest absolute Gasteiger partial charge is 0.371 e. The van der Waals surface area contributed by atoms with Crippen LogP contribution in [0, 0.1) is 11.3 Å². The van der Waals surface area contributed by atoms with E-state index in [1.165, 1.54) is 20.2 Å². The second kappa shape index (κ2) is 7.62. The Morgan fingerprint density at radius 3 is 2.12 bits per heavy atom. The number of likely N-dealkylation sites (N-methyl/N-ethyl adjacent to an activating group) is 2. The first-order valence-electron chi connectivity index (χ1n) is 7.94. The van der Waals surface area contributed by atoms with Crippen molar-refractivity contribution in [2.75, 3.05) is 32.1 Å². The molecule has 1 aromatic carbocycles. The summed E-state index contributed by atoms with van der Waals surface area (Å²) >= 11 is 0. The van der Waals surface area contributed by atoms with Gasteiger partial charge >= 0.3 is 6.03 Å². The number of hydrogen-bond donors (Lipinski definition) is 0. The molecule has 4 amide bonds. The second-order valence-corrected chi connectivity index (χ2v) is 5.65. The Kier molecular flexibility index (Phi) is 5.55. The van der Waals surface area contributed by atoms with E-state index in [1.807, 2.05) is 19.1 Å². The molecule has 0 N–H and O–H groups in total. The first-order valence-corrected chi connectivity index (χ1v) is 7.94. The lowest BCUT2D eigenvalue weighted by Gasteiger charge is -2.28. The van der Waals surface area contributed by atoms with Gasteiger partial charge in [0.25, 0.3) is 11.8 Å². The molecule has 1 heterocycles. The van der Waals surface area contributed by atoms with Crippen molar-refractivity contribution in [3.63, 3.8) is 0 Å². The van der Waals surface area contributed by atoms with Crippen molar-refractivity contribution in [3.05, 3.63) is 35.4 Å². The summed E-state index contributed by atoms with van der Waals surface area (Å²) < 4.78 is 0. The van der Waals surface area contributed by atoms with E-state index in [0.29, 0.717) is 18.5 Å². The molecular weight excluding hydrogens is 320 g/mol. The van der Waals surface area contributed by atoms with Gasteiger partial charge in [-0.1, -0.05) is 12.1 Å². The van der Waals surface area contributed by atoms with E-state index in [2.05, 4.69) is 11.0 Å². The number of amides is 4. The zero-order valence-electron chi connectivity index (χ0n) is 14.5. The average Bonchev–Trinajstić information content (AvgIpc) is 2.63. The van der Waals surface area contributed by atoms with E-state index in [4.69, 9.17) is 5.26 Å². The zero-order valence-corrected chi connectivity index (χ0v) is 14.5. The fraction of sp³-hybridized carbons (Fsp3) is 0.333. The normalized spacial score (nSPS) is 14.6. The minimum atomic E-state index is -0.640. The summed E-state index contributed by atoms with van der Waals surface area (Å²) in [5.41, 5.74) is 1.60. The minimum absolute atomic E-state index is 0.0471. The molecule has 0 aliphatic carbocycles. The van der Waals surface area contributed by atoms with E-state index < -0.39 is 17.8 Å². The number of imide groups is 2. The molecule has 0 radical (unpaired) electrons. The average molecular weight is 340 g/mol. The van der Waals surface area contributed by atoms with Crippen LogP contribution in [0.25, 0.3) is 6.08 Å². The molecular formula is C18H20N4O3. The molecule has 130 valence electrons. The van der Waals surface area contributed by atoms with Crippen molar-refractivity contribution >= 4 is 29.6 Å². The molecule has 1 aromatic rings. The molecule has 1 fully saturated rings. The standard InChI is InChI=1S/C18H20N4O3/c1-4-22(11-5-10-19)14-8-6-13(7-9-14)12-15-16(23)20(2)18(25)21(3)17(15)24/h6-9,12H,4-5,11H2,1-3H3. The number of hydrogen-bond acceptors (Lipinski definition) is 5. The Labute approximate surface area is 146 Å². The molecule has 0 bridgehead atoms. The van der Waals surface area contributed by atoms with Gasteiger partial charge in [-0.2, -0.15) is 5.26 Å². The van der Waals surface area contributed by atoms with Crippen LogP contribution in [0.2, 0.25) is 0 Å². The van der Waals surface area contributed by atoms with Crippen LogP contribution in [-0.2, 0) is 9.59 Å². The zero-order chi connectivity index (χ0) is 18.6. The highest BCUT2D eigenvalue weighted by molar-refractivity contribution is 6.30. The Hall–Kier alpha value is -3.14. The number of nitriles is 1. The van der Waals surface area contributed by atoms with Crippen LogP contribution in [0.5, 0.6) is 0 Å². The van der Waals surface area contributed by atoms with Crippen molar-refractivity contribution in [1.82, 2.24) is 9.80 Å². The number of nitrogens with zero attached hydrogens (tertiary/aromatic N) is 4. The summed E-state index contributed by atoms with van der Waals surface area (Å²) in [7, 11) is 2.69. The molecule has 2 rings (SSSR count). The van der Waals surface area contributed by atoms with Gasteiger partial charge in [-0.05, 0) is 30.7 Å². The van der Waals surface area contributed by atoms with E-state index >= 15 is 0 Å². The van der Waals surface area contributed by atoms with Crippen LogP contribution in [0.1, 0.15) is 18.9 Å². The Bertz CT molecular complexity index is 736. The summed E-state index contributed by atoms with van der Waals surface area (Å²) in [5, 5.41) is 8.71. The number of rotatable bonds is 5. The third kappa shape index (κ3) is 3.69. The fourth-order valence-electron chi connectivity index (χ4n) is 2.58. The summed E-state index contributed by atoms with van der Waals surface area (Å²) in [4.78, 5) is 40.0. The highest BCUT2D eigenvalue weighted by Gasteiger charge is 2.37. The summed E-state index contributed by atoms with van der Waals surface area (Å²) in [6, 6.07) is 8.84. The van der Waals surface area contributed by atoms with Gasteiger partial charge in [-0.15, -0.1) is 0 Å². The monoisotopic (exact) mass is 340 g/mol. The van der Waals surface area contributed by atoms with Gasteiger partial charge in [-0.25, -0.2) is 4.79 Å². The lowest BCUT2D eigenvalue weighted by molar-refractivity contribution is -0.134. The van der Waals surface area contributed by atoms with Crippen molar-refractivity contribution in [2.45, 2.75) is 13.3 Å². The summed E-state index contributed by atoms with van der Waals surface area (Å²) in [5.74, 6) is -1.22. The molecule has 0 unspecified atom stereocenters. The van der Waals surface area contributed by atoms with Gasteiger partial charge in [0.2, 0.25) is 0 Å². The van der Waals surface area contributed by atoms with Crippen LogP contribution in [0.15, 0.2) is 29.8 Å². The highest BCUT2D eigenvalue weighted by Crippen LogP contribution is 2.20. The van der Waals surface area contributed by atoms with Gasteiger partial charge in [-0.3, -0.25) is 19.4 Å². The SMILES string of the molecule is CCN(CCC#N)c1ccc(C=C2C(=O)N(C)C(=O)N(C)C2=O)cc1. The number of barbiturate groups is 1. The summed E-state index contributed by atoms with van der Waals surface area (Å²) in [6.07, 6.45) is 1.93. The van der Waals surface area contributed by atoms with E-state index in [0.717, 1.165) is 22.0 Å². The quantitative estimate of drug-likeness (QED) is 0.603. The van der Waals surface area contributed by atoms with Crippen molar-refractivity contribution in [2.24, 2.45) is 0 Å². The molecule has 25 heavy (non-hydrogen) atoms. The second-order valence-electron chi connectivity index (χ2n) is 5.65. The summed E-state index contributed by atoms with van der Waals surface area (Å²) in [6.45, 7) is 3.42. The fourth-order valence-corrected chi connectivity index (χ4v) is 2.58. The molecule has 0 aromatic heterocycles. The highest BCUT2D eigenvalue weighted by atomic mass is 16.2. The predicted molar refractivity (Wildman–Crippen MR) is 93.5 cm³/mol. The first-order chi connectivity index (χ1) is 11.9. The molecule has 1 saturated heterocycles. The van der Waals surface area contributed by atoms with Gasteiger partial charge in [0.1, 0.15) is 5.57 Å². The number of carbonyl (C=O) groups is 3. The Morgan fingerprint density at radius 1 is 1.08 bits per heavy atom. The maximum Gasteiger partial charge on any atom is 0.333 e.